The smallest absolute Gasteiger partial charge is 0.410 e. The van der Waals surface area contributed by atoms with Crippen LogP contribution in [-0.2, 0) is 23.8 Å². The van der Waals surface area contributed by atoms with Crippen LogP contribution in [-0.4, -0.2) is 91.6 Å². The van der Waals surface area contributed by atoms with Crippen LogP contribution in [0.2, 0.25) is 0 Å². The number of piperidine rings is 1. The Balaban J connectivity index is 1.65. The molecule has 3 fully saturated rings. The van der Waals surface area contributed by atoms with Crippen molar-refractivity contribution < 1.29 is 33.7 Å². The van der Waals surface area contributed by atoms with Crippen molar-refractivity contribution >= 4 is 18.0 Å². The monoisotopic (exact) mass is 426 g/mol. The molecular formula is C21H34N2O7. The van der Waals surface area contributed by atoms with E-state index in [-0.39, 0.29) is 18.5 Å². The van der Waals surface area contributed by atoms with Crippen molar-refractivity contribution in [3.8, 4) is 0 Å². The second-order valence-electron chi connectivity index (χ2n) is 8.71. The zero-order valence-corrected chi connectivity index (χ0v) is 18.1. The van der Waals surface area contributed by atoms with Gasteiger partial charge in [0, 0.05) is 26.1 Å². The first kappa shape index (κ1) is 22.8. The Kier molecular flexibility index (Phi) is 7.57. The lowest BCUT2D eigenvalue weighted by molar-refractivity contribution is -0.152. The van der Waals surface area contributed by atoms with E-state index in [4.69, 9.17) is 14.2 Å². The molecule has 3 aliphatic rings. The molecule has 30 heavy (non-hydrogen) atoms. The summed E-state index contributed by atoms with van der Waals surface area (Å²) in [6.07, 6.45) is 2.85. The average Bonchev–Trinajstić information content (AvgIpc) is 3.11. The van der Waals surface area contributed by atoms with Crippen molar-refractivity contribution in [1.29, 1.82) is 0 Å². The van der Waals surface area contributed by atoms with Crippen molar-refractivity contribution in [3.63, 3.8) is 0 Å². The van der Waals surface area contributed by atoms with Gasteiger partial charge in [0.2, 0.25) is 0 Å². The predicted molar refractivity (Wildman–Crippen MR) is 106 cm³/mol. The molecule has 0 aromatic heterocycles. The lowest BCUT2D eigenvalue weighted by Gasteiger charge is -2.46. The first-order chi connectivity index (χ1) is 14.4. The van der Waals surface area contributed by atoms with Gasteiger partial charge >= 0.3 is 18.0 Å². The average molecular weight is 427 g/mol. The Hall–Kier alpha value is -1.87. The molecule has 9 heteroatoms. The first-order valence-corrected chi connectivity index (χ1v) is 10.9. The molecule has 0 spiro atoms. The molecule has 1 N–H and O–H groups in total. The summed E-state index contributed by atoms with van der Waals surface area (Å²) in [6.45, 7) is 3.73. The highest BCUT2D eigenvalue weighted by Gasteiger charge is 2.46. The molecule has 2 aliphatic heterocycles. The number of ether oxygens (including phenoxy) is 3. The summed E-state index contributed by atoms with van der Waals surface area (Å²) < 4.78 is 15.0. The van der Waals surface area contributed by atoms with Crippen LogP contribution in [0.25, 0.3) is 0 Å². The SMILES string of the molecule is CCOC(=O)C1CC2CC(CN3C[C@@H](O)C[C@H]3C(=O)OC)CCC2CN1C(=O)OC. The Bertz CT molecular complexity index is 643. The summed E-state index contributed by atoms with van der Waals surface area (Å²) in [5, 5.41) is 10.0. The van der Waals surface area contributed by atoms with Crippen LogP contribution in [0.4, 0.5) is 4.79 Å². The Morgan fingerprint density at radius 3 is 2.37 bits per heavy atom. The summed E-state index contributed by atoms with van der Waals surface area (Å²) in [5.74, 6) is 0.330. The van der Waals surface area contributed by atoms with Gasteiger partial charge in [-0.1, -0.05) is 0 Å². The second-order valence-corrected chi connectivity index (χ2v) is 8.71. The van der Waals surface area contributed by atoms with E-state index in [2.05, 4.69) is 0 Å². The van der Waals surface area contributed by atoms with Crippen molar-refractivity contribution in [2.24, 2.45) is 17.8 Å². The molecule has 0 radical (unpaired) electrons. The minimum absolute atomic E-state index is 0.271. The van der Waals surface area contributed by atoms with E-state index in [1.165, 1.54) is 19.1 Å². The second kappa shape index (κ2) is 9.96. The molecule has 170 valence electrons. The van der Waals surface area contributed by atoms with Crippen LogP contribution in [0.3, 0.4) is 0 Å². The third-order valence-corrected chi connectivity index (χ3v) is 6.90. The zero-order valence-electron chi connectivity index (χ0n) is 18.1. The number of fused-ring (bicyclic) bond motifs is 1. The molecular weight excluding hydrogens is 392 g/mol. The van der Waals surface area contributed by atoms with Crippen LogP contribution in [0.1, 0.15) is 39.0 Å². The quantitative estimate of drug-likeness (QED) is 0.513. The highest BCUT2D eigenvalue weighted by atomic mass is 16.6. The molecule has 2 saturated heterocycles. The summed E-state index contributed by atoms with van der Waals surface area (Å²) in [4.78, 5) is 40.4. The van der Waals surface area contributed by atoms with E-state index >= 15 is 0 Å². The fourth-order valence-corrected chi connectivity index (χ4v) is 5.49. The van der Waals surface area contributed by atoms with E-state index in [1.807, 2.05) is 4.90 Å². The van der Waals surface area contributed by atoms with Crippen molar-refractivity contribution in [2.45, 2.75) is 57.2 Å². The van der Waals surface area contributed by atoms with Crippen LogP contribution >= 0.6 is 0 Å². The van der Waals surface area contributed by atoms with Crippen LogP contribution in [0, 0.1) is 17.8 Å². The Morgan fingerprint density at radius 1 is 0.933 bits per heavy atom. The van der Waals surface area contributed by atoms with E-state index in [0.717, 1.165) is 25.8 Å². The van der Waals surface area contributed by atoms with Gasteiger partial charge in [0.25, 0.3) is 0 Å². The summed E-state index contributed by atoms with van der Waals surface area (Å²) in [6, 6.07) is -1.01. The number of amides is 1. The molecule has 1 saturated carbocycles. The number of carbonyl (C=O) groups excluding carboxylic acids is 3. The molecule has 1 amide bonds. The largest absolute Gasteiger partial charge is 0.468 e. The lowest BCUT2D eigenvalue weighted by Crippen LogP contribution is -2.55. The van der Waals surface area contributed by atoms with Gasteiger partial charge in [0.15, 0.2) is 0 Å². The lowest BCUT2D eigenvalue weighted by atomic mass is 9.69. The van der Waals surface area contributed by atoms with Crippen molar-refractivity contribution in [1.82, 2.24) is 9.80 Å². The van der Waals surface area contributed by atoms with Gasteiger partial charge in [-0.25, -0.2) is 9.59 Å². The van der Waals surface area contributed by atoms with E-state index in [9.17, 15) is 19.5 Å². The maximum Gasteiger partial charge on any atom is 0.410 e. The van der Waals surface area contributed by atoms with E-state index in [0.29, 0.717) is 43.7 Å². The molecule has 1 aliphatic carbocycles. The van der Waals surface area contributed by atoms with E-state index in [1.54, 1.807) is 6.92 Å². The highest BCUT2D eigenvalue weighted by molar-refractivity contribution is 5.81. The number of hydrogen-bond acceptors (Lipinski definition) is 8. The van der Waals surface area contributed by atoms with Gasteiger partial charge < -0.3 is 19.3 Å². The van der Waals surface area contributed by atoms with Gasteiger partial charge in [-0.2, -0.15) is 0 Å². The number of aliphatic hydroxyl groups excluding tert-OH is 1. The molecule has 0 aromatic carbocycles. The minimum Gasteiger partial charge on any atom is -0.468 e. The number of likely N-dealkylation sites (tertiary alicyclic amines) is 2. The number of methoxy groups -OCH3 is 2. The summed E-state index contributed by atoms with van der Waals surface area (Å²) in [7, 11) is 2.71. The topological polar surface area (TPSA) is 106 Å². The van der Waals surface area contributed by atoms with E-state index < -0.39 is 24.3 Å². The molecule has 2 heterocycles. The zero-order chi connectivity index (χ0) is 21.8. The van der Waals surface area contributed by atoms with Gasteiger partial charge in [0.1, 0.15) is 12.1 Å². The Morgan fingerprint density at radius 2 is 1.70 bits per heavy atom. The number of esters is 2. The van der Waals surface area contributed by atoms with Gasteiger partial charge in [-0.3, -0.25) is 14.6 Å². The number of aliphatic hydroxyl groups is 1. The number of rotatable bonds is 5. The van der Waals surface area contributed by atoms with Crippen molar-refractivity contribution in [3.05, 3.63) is 0 Å². The third-order valence-electron chi connectivity index (χ3n) is 6.90. The normalized spacial score (nSPS) is 34.2. The predicted octanol–water partition coefficient (Wildman–Crippen LogP) is 1.03. The van der Waals surface area contributed by atoms with Crippen LogP contribution < -0.4 is 0 Å². The van der Waals surface area contributed by atoms with Crippen LogP contribution in [0.15, 0.2) is 0 Å². The van der Waals surface area contributed by atoms with Gasteiger partial charge in [0.05, 0.1) is 26.9 Å². The first-order valence-electron chi connectivity index (χ1n) is 10.9. The van der Waals surface area contributed by atoms with Crippen molar-refractivity contribution in [2.75, 3.05) is 40.5 Å². The molecule has 6 atom stereocenters. The highest BCUT2D eigenvalue weighted by Crippen LogP contribution is 2.42. The standard InChI is InChI=1S/C21H34N2O7/c1-4-30-20(26)18-8-15-7-13(5-6-14(15)11-23(18)21(27)29-3)10-22-12-16(24)9-17(22)19(25)28-2/h13-18,24H,4-12H2,1-3H3/t13?,14?,15?,16-,17-,18?/m0/s1. The van der Waals surface area contributed by atoms with Crippen LogP contribution in [0.5, 0.6) is 0 Å². The molecule has 0 bridgehead atoms. The molecule has 9 nitrogen and oxygen atoms in total. The summed E-state index contributed by atoms with van der Waals surface area (Å²) >= 11 is 0. The fraction of sp³-hybridized carbons (Fsp3) is 0.857. The molecule has 4 unspecified atom stereocenters. The minimum atomic E-state index is -0.617. The maximum absolute atomic E-state index is 12.5. The van der Waals surface area contributed by atoms with Gasteiger partial charge in [-0.15, -0.1) is 0 Å². The number of β-amino-alcohol motifs (C(OH)–C–C–N with tert-alkyl or cyclic N) is 1. The maximum atomic E-state index is 12.5. The molecule has 3 rings (SSSR count). The Labute approximate surface area is 177 Å². The molecule has 0 aromatic rings. The summed E-state index contributed by atoms with van der Waals surface area (Å²) in [5.41, 5.74) is 0. The third kappa shape index (κ3) is 4.88. The number of nitrogens with zero attached hydrogens (tertiary/aromatic N) is 2. The number of hydrogen-bond donors (Lipinski definition) is 1. The van der Waals surface area contributed by atoms with Gasteiger partial charge in [-0.05, 0) is 50.4 Å². The number of carbonyl (C=O) groups is 3. The fourth-order valence-electron chi connectivity index (χ4n) is 5.49.